The minimum Gasteiger partial charge on any atom is -0.454 e. The van der Waals surface area contributed by atoms with E-state index in [-0.39, 0.29) is 28.8 Å². The number of para-hydroxylation sites is 1. The first-order valence-electron chi connectivity index (χ1n) is 10.8. The number of rotatable bonds is 5. The highest BCUT2D eigenvalue weighted by Crippen LogP contribution is 2.43. The van der Waals surface area contributed by atoms with E-state index in [0.717, 1.165) is 4.90 Å². The number of sulfone groups is 1. The maximum atomic E-state index is 13.7. The van der Waals surface area contributed by atoms with Crippen molar-refractivity contribution in [1.29, 1.82) is 0 Å². The summed E-state index contributed by atoms with van der Waals surface area (Å²) in [5.41, 5.74) is 0.419. The molecule has 2 aliphatic heterocycles. The van der Waals surface area contributed by atoms with Crippen LogP contribution in [0.2, 0.25) is 0 Å². The van der Waals surface area contributed by atoms with Gasteiger partial charge in [-0.2, -0.15) is 0 Å². The highest BCUT2D eigenvalue weighted by atomic mass is 32.2. The molecule has 0 bridgehead atoms. The number of carbonyl (C=O) groups excluding carboxylic acids is 2. The summed E-state index contributed by atoms with van der Waals surface area (Å²) >= 11 is 0. The zero-order chi connectivity index (χ0) is 25.4. The number of ether oxygens (including phenoxy) is 2. The molecular formula is C24H19N3O8S. The molecule has 3 aromatic carbocycles. The van der Waals surface area contributed by atoms with Crippen molar-refractivity contribution in [2.45, 2.75) is 16.6 Å². The van der Waals surface area contributed by atoms with Crippen LogP contribution in [-0.2, 0) is 19.4 Å². The molecule has 0 spiro atoms. The van der Waals surface area contributed by atoms with Crippen LogP contribution >= 0.6 is 0 Å². The number of fused-ring (bicyclic) bond motifs is 2. The third-order valence-corrected chi connectivity index (χ3v) is 8.06. The number of non-ortho nitro benzene ring substituents is 1. The molecule has 5 rings (SSSR count). The quantitative estimate of drug-likeness (QED) is 0.408. The number of amides is 2. The van der Waals surface area contributed by atoms with Gasteiger partial charge in [0.25, 0.3) is 5.69 Å². The standard InChI is InChI=1S/C24H19N3O8S/c28-23(25-16-4-3-5-17(11-16)27(30)31)13-26-18-6-1-2-7-21(18)36(32,33)22(12-24(26)29)15-8-9-19-20(10-15)35-14-34-19/h1-11,22H,12-14H2,(H,25,28). The highest BCUT2D eigenvalue weighted by molar-refractivity contribution is 7.92. The predicted octanol–water partition coefficient (Wildman–Crippen LogP) is 3.21. The SMILES string of the molecule is O=C(CN1C(=O)CC(c2ccc3c(c2)OCO3)S(=O)(=O)c2ccccc21)Nc1cccc([N+](=O)[O-])c1. The van der Waals surface area contributed by atoms with Crippen LogP contribution in [-0.4, -0.2) is 38.5 Å². The fourth-order valence-corrected chi connectivity index (χ4v) is 6.12. The molecule has 2 heterocycles. The number of nitrogens with zero attached hydrogens (tertiary/aromatic N) is 2. The van der Waals surface area contributed by atoms with Crippen LogP contribution in [0.5, 0.6) is 11.5 Å². The molecule has 0 saturated carbocycles. The Balaban J connectivity index is 1.47. The number of hydrogen-bond donors (Lipinski definition) is 1. The van der Waals surface area contributed by atoms with Crippen molar-refractivity contribution in [1.82, 2.24) is 0 Å². The van der Waals surface area contributed by atoms with Gasteiger partial charge in [0.05, 0.1) is 20.8 Å². The van der Waals surface area contributed by atoms with E-state index >= 15 is 0 Å². The molecule has 0 aliphatic carbocycles. The molecule has 0 aromatic heterocycles. The monoisotopic (exact) mass is 509 g/mol. The highest BCUT2D eigenvalue weighted by Gasteiger charge is 2.40. The van der Waals surface area contributed by atoms with Gasteiger partial charge in [0, 0.05) is 24.2 Å². The fraction of sp³-hybridized carbons (Fsp3) is 0.167. The van der Waals surface area contributed by atoms with Gasteiger partial charge in [0.15, 0.2) is 21.3 Å². The molecule has 1 unspecified atom stereocenters. The van der Waals surface area contributed by atoms with E-state index in [1.54, 1.807) is 30.3 Å². The molecule has 1 N–H and O–H groups in total. The molecule has 0 saturated heterocycles. The van der Waals surface area contributed by atoms with Gasteiger partial charge in [-0.05, 0) is 35.9 Å². The summed E-state index contributed by atoms with van der Waals surface area (Å²) in [7, 11) is -4.03. The summed E-state index contributed by atoms with van der Waals surface area (Å²) in [5, 5.41) is 12.3. The van der Waals surface area contributed by atoms with Crippen molar-refractivity contribution in [3.05, 3.63) is 82.4 Å². The number of nitro groups is 1. The van der Waals surface area contributed by atoms with Gasteiger partial charge in [-0.25, -0.2) is 8.42 Å². The predicted molar refractivity (Wildman–Crippen MR) is 128 cm³/mol. The number of nitrogens with one attached hydrogen (secondary N) is 1. The minimum atomic E-state index is -4.03. The lowest BCUT2D eigenvalue weighted by atomic mass is 10.1. The molecule has 36 heavy (non-hydrogen) atoms. The lowest BCUT2D eigenvalue weighted by molar-refractivity contribution is -0.384. The van der Waals surface area contributed by atoms with Crippen LogP contribution < -0.4 is 19.7 Å². The summed E-state index contributed by atoms with van der Waals surface area (Å²) < 4.78 is 38.0. The third-order valence-electron chi connectivity index (χ3n) is 5.91. The first kappa shape index (κ1) is 23.3. The maximum absolute atomic E-state index is 13.7. The largest absolute Gasteiger partial charge is 0.454 e. The van der Waals surface area contributed by atoms with Gasteiger partial charge in [0.1, 0.15) is 6.54 Å². The summed E-state index contributed by atoms with van der Waals surface area (Å²) in [6.45, 7) is -0.465. The molecule has 0 radical (unpaired) electrons. The van der Waals surface area contributed by atoms with E-state index in [9.17, 15) is 28.1 Å². The molecule has 2 amide bonds. The fourth-order valence-electron chi connectivity index (χ4n) is 4.21. The van der Waals surface area contributed by atoms with E-state index < -0.39 is 44.8 Å². The molecule has 0 fully saturated rings. The Morgan fingerprint density at radius 1 is 1.06 bits per heavy atom. The van der Waals surface area contributed by atoms with E-state index in [4.69, 9.17) is 9.47 Å². The van der Waals surface area contributed by atoms with Crippen LogP contribution in [0.1, 0.15) is 17.2 Å². The van der Waals surface area contributed by atoms with Crippen molar-refractivity contribution < 1.29 is 32.4 Å². The van der Waals surface area contributed by atoms with Gasteiger partial charge >= 0.3 is 0 Å². The first-order valence-corrected chi connectivity index (χ1v) is 12.4. The van der Waals surface area contributed by atoms with E-state index in [1.807, 2.05) is 0 Å². The molecule has 12 heteroatoms. The average Bonchev–Trinajstić information content (AvgIpc) is 3.31. The second-order valence-corrected chi connectivity index (χ2v) is 10.3. The summed E-state index contributed by atoms with van der Waals surface area (Å²) in [5.74, 6) is -0.338. The van der Waals surface area contributed by atoms with Crippen LogP contribution in [0.25, 0.3) is 0 Å². The van der Waals surface area contributed by atoms with E-state index in [0.29, 0.717) is 17.1 Å². The molecule has 3 aromatic rings. The molecule has 1 atom stereocenters. The first-order chi connectivity index (χ1) is 17.2. The van der Waals surface area contributed by atoms with Crippen molar-refractivity contribution in [3.63, 3.8) is 0 Å². The minimum absolute atomic E-state index is 0.0193. The zero-order valence-corrected chi connectivity index (χ0v) is 19.4. The second kappa shape index (κ2) is 8.96. The van der Waals surface area contributed by atoms with Crippen LogP contribution in [0, 0.1) is 10.1 Å². The van der Waals surface area contributed by atoms with Gasteiger partial charge in [-0.15, -0.1) is 0 Å². The van der Waals surface area contributed by atoms with Crippen molar-refractivity contribution >= 4 is 38.7 Å². The Morgan fingerprint density at radius 3 is 2.64 bits per heavy atom. The number of anilines is 2. The molecule has 184 valence electrons. The Hall–Kier alpha value is -4.45. The number of carbonyl (C=O) groups is 2. The Labute approximate surface area is 205 Å². The molecule has 2 aliphatic rings. The number of hydrogen-bond acceptors (Lipinski definition) is 8. The normalized spacial score (nSPS) is 17.7. The van der Waals surface area contributed by atoms with Crippen LogP contribution in [0.3, 0.4) is 0 Å². The molecular weight excluding hydrogens is 490 g/mol. The number of benzene rings is 3. The Kier molecular flexibility index (Phi) is 5.80. The molecule has 11 nitrogen and oxygen atoms in total. The summed E-state index contributed by atoms with van der Waals surface area (Å²) in [6, 6.07) is 16.1. The van der Waals surface area contributed by atoms with Gasteiger partial charge in [-0.1, -0.05) is 24.3 Å². The smallest absolute Gasteiger partial charge is 0.271 e. The zero-order valence-electron chi connectivity index (χ0n) is 18.6. The van der Waals surface area contributed by atoms with Crippen molar-refractivity contribution in [2.24, 2.45) is 0 Å². The lowest BCUT2D eigenvalue weighted by Crippen LogP contribution is -2.38. The summed E-state index contributed by atoms with van der Waals surface area (Å²) in [6.07, 6.45) is -0.402. The maximum Gasteiger partial charge on any atom is 0.271 e. The van der Waals surface area contributed by atoms with Crippen LogP contribution in [0.15, 0.2) is 71.6 Å². The van der Waals surface area contributed by atoms with E-state index in [2.05, 4.69) is 5.32 Å². The van der Waals surface area contributed by atoms with Crippen molar-refractivity contribution in [3.8, 4) is 11.5 Å². The topological polar surface area (TPSA) is 145 Å². The summed E-state index contributed by atoms with van der Waals surface area (Å²) in [4.78, 5) is 37.6. The third kappa shape index (κ3) is 4.22. The van der Waals surface area contributed by atoms with Crippen molar-refractivity contribution in [2.75, 3.05) is 23.6 Å². The Bertz CT molecular complexity index is 1500. The van der Waals surface area contributed by atoms with Gasteiger partial charge < -0.3 is 19.7 Å². The average molecular weight is 509 g/mol. The Morgan fingerprint density at radius 2 is 1.83 bits per heavy atom. The van der Waals surface area contributed by atoms with Crippen LogP contribution in [0.4, 0.5) is 17.1 Å². The van der Waals surface area contributed by atoms with Gasteiger partial charge in [-0.3, -0.25) is 19.7 Å². The van der Waals surface area contributed by atoms with Gasteiger partial charge in [0.2, 0.25) is 18.6 Å². The number of nitro benzene ring substituents is 1. The second-order valence-electron chi connectivity index (χ2n) is 8.15. The lowest BCUT2D eigenvalue weighted by Gasteiger charge is -2.21. The van der Waals surface area contributed by atoms with E-state index in [1.165, 1.54) is 36.4 Å².